The summed E-state index contributed by atoms with van der Waals surface area (Å²) in [6, 6.07) is 10.4. The third kappa shape index (κ3) is 4.22. The van der Waals surface area contributed by atoms with Gasteiger partial charge >= 0.3 is 0 Å². The molecule has 7 heteroatoms. The third-order valence-corrected chi connectivity index (χ3v) is 8.93. The molecule has 0 spiro atoms. The van der Waals surface area contributed by atoms with Crippen molar-refractivity contribution in [2.75, 3.05) is 35.7 Å². The Kier molecular flexibility index (Phi) is 5.97. The van der Waals surface area contributed by atoms with Crippen molar-refractivity contribution in [3.05, 3.63) is 46.6 Å². The van der Waals surface area contributed by atoms with Crippen molar-refractivity contribution in [1.29, 1.82) is 0 Å². The van der Waals surface area contributed by atoms with Gasteiger partial charge in [0.1, 0.15) is 5.82 Å². The number of anilines is 2. The van der Waals surface area contributed by atoms with E-state index in [4.69, 9.17) is 16.6 Å². The van der Waals surface area contributed by atoms with E-state index in [1.54, 1.807) is 0 Å². The quantitative estimate of drug-likeness (QED) is 0.689. The summed E-state index contributed by atoms with van der Waals surface area (Å²) >= 11 is 6.07. The first-order valence-electron chi connectivity index (χ1n) is 11.4. The topological polar surface area (TPSA) is 65.5 Å². The molecule has 5 nitrogen and oxygen atoms in total. The van der Waals surface area contributed by atoms with E-state index in [9.17, 15) is 9.32 Å². The van der Waals surface area contributed by atoms with Crippen molar-refractivity contribution in [3.63, 3.8) is 0 Å². The number of halogens is 1. The predicted octanol–water partition coefficient (Wildman–Crippen LogP) is 4.50. The molecule has 31 heavy (non-hydrogen) atoms. The summed E-state index contributed by atoms with van der Waals surface area (Å²) in [6.07, 6.45) is 7.14. The smallest absolute Gasteiger partial charge is 0.130 e. The van der Waals surface area contributed by atoms with E-state index in [0.717, 1.165) is 85.2 Å². The number of aromatic nitrogens is 1. The average Bonchev–Trinajstić information content (AvgIpc) is 2.97. The van der Waals surface area contributed by atoms with Gasteiger partial charge < -0.3 is 15.3 Å². The highest BCUT2D eigenvalue weighted by atomic mass is 35.5. The first-order valence-corrected chi connectivity index (χ1v) is 13.1. The van der Waals surface area contributed by atoms with Gasteiger partial charge in [-0.1, -0.05) is 23.7 Å². The minimum absolute atomic E-state index is 0.110. The molecule has 2 atom stereocenters. The van der Waals surface area contributed by atoms with E-state index in [0.29, 0.717) is 11.7 Å². The number of aliphatic hydroxyl groups is 1. The van der Waals surface area contributed by atoms with Gasteiger partial charge in [0.05, 0.1) is 39.2 Å². The minimum atomic E-state index is -1.01. The first kappa shape index (κ1) is 21.2. The molecule has 1 unspecified atom stereocenters. The summed E-state index contributed by atoms with van der Waals surface area (Å²) in [5.41, 5.74) is 2.98. The maximum Gasteiger partial charge on any atom is 0.130 e. The van der Waals surface area contributed by atoms with Crippen molar-refractivity contribution in [1.82, 2.24) is 4.98 Å². The maximum absolute atomic E-state index is 12.7. The van der Waals surface area contributed by atoms with Crippen LogP contribution in [0.5, 0.6) is 0 Å². The number of hydrogen-bond acceptors (Lipinski definition) is 5. The SMILES string of the molecule is O=[S@@]1CCc2nc(N3CCCC(c4ccc(Cl)cc4)CC3)cc(NC3(CO)CCC3)c21. The molecule has 3 heterocycles. The molecule has 5 rings (SSSR count). The summed E-state index contributed by atoms with van der Waals surface area (Å²) in [4.78, 5) is 8.19. The van der Waals surface area contributed by atoms with Crippen molar-refractivity contribution in [2.45, 2.75) is 61.3 Å². The zero-order chi connectivity index (χ0) is 21.4. The van der Waals surface area contributed by atoms with Gasteiger partial charge in [0.15, 0.2) is 0 Å². The number of pyridine rings is 1. The molecule has 1 aromatic heterocycles. The third-order valence-electron chi connectivity index (χ3n) is 7.19. The van der Waals surface area contributed by atoms with Gasteiger partial charge in [0.25, 0.3) is 0 Å². The highest BCUT2D eigenvalue weighted by Gasteiger charge is 2.38. The Labute approximate surface area is 191 Å². The number of aryl methyl sites for hydroxylation is 1. The molecule has 2 N–H and O–H groups in total. The zero-order valence-corrected chi connectivity index (χ0v) is 19.4. The highest BCUT2D eigenvalue weighted by Crippen LogP contribution is 2.40. The van der Waals surface area contributed by atoms with Gasteiger partial charge in [-0.25, -0.2) is 4.98 Å². The lowest BCUT2D eigenvalue weighted by Crippen LogP contribution is -2.48. The molecule has 1 saturated carbocycles. The molecule has 2 aromatic rings. The fourth-order valence-corrected chi connectivity index (χ4v) is 6.62. The summed E-state index contributed by atoms with van der Waals surface area (Å²) < 4.78 is 12.7. The summed E-state index contributed by atoms with van der Waals surface area (Å²) in [7, 11) is -1.01. The van der Waals surface area contributed by atoms with Gasteiger partial charge in [-0.15, -0.1) is 0 Å². The molecule has 3 aliphatic rings. The van der Waals surface area contributed by atoms with Crippen molar-refractivity contribution in [2.24, 2.45) is 0 Å². The number of benzene rings is 1. The summed E-state index contributed by atoms with van der Waals surface area (Å²) in [5, 5.41) is 14.3. The molecule has 0 amide bonds. The van der Waals surface area contributed by atoms with E-state index in [1.165, 1.54) is 5.56 Å². The van der Waals surface area contributed by atoms with E-state index in [1.807, 2.05) is 12.1 Å². The highest BCUT2D eigenvalue weighted by molar-refractivity contribution is 7.85. The maximum atomic E-state index is 12.7. The van der Waals surface area contributed by atoms with Crippen LogP contribution in [0, 0.1) is 0 Å². The van der Waals surface area contributed by atoms with Crippen LogP contribution in [0.4, 0.5) is 11.5 Å². The van der Waals surface area contributed by atoms with Crippen LogP contribution in [0.3, 0.4) is 0 Å². The summed E-state index contributed by atoms with van der Waals surface area (Å²) in [6.45, 7) is 2.04. The van der Waals surface area contributed by atoms with Crippen LogP contribution >= 0.6 is 11.6 Å². The van der Waals surface area contributed by atoms with Gasteiger partial charge in [-0.3, -0.25) is 4.21 Å². The Hall–Kier alpha value is -1.63. The normalized spacial score (nSPS) is 24.9. The Morgan fingerprint density at radius 1 is 1.19 bits per heavy atom. The lowest BCUT2D eigenvalue weighted by Gasteiger charge is -2.42. The van der Waals surface area contributed by atoms with Crippen molar-refractivity contribution >= 4 is 33.9 Å². The van der Waals surface area contributed by atoms with Crippen LogP contribution in [0.2, 0.25) is 5.02 Å². The Balaban J connectivity index is 1.39. The molecular formula is C24H30ClN3O2S. The van der Waals surface area contributed by atoms with Gasteiger partial charge in [0, 0.05) is 36.4 Å². The number of aliphatic hydroxyl groups excluding tert-OH is 1. The lowest BCUT2D eigenvalue weighted by atomic mass is 9.77. The number of fused-ring (bicyclic) bond motifs is 1. The Morgan fingerprint density at radius 3 is 2.71 bits per heavy atom. The van der Waals surface area contributed by atoms with Crippen LogP contribution in [0.25, 0.3) is 0 Å². The number of nitrogens with one attached hydrogen (secondary N) is 1. The largest absolute Gasteiger partial charge is 0.394 e. The second kappa shape index (κ2) is 8.72. The van der Waals surface area contributed by atoms with E-state index in [-0.39, 0.29) is 12.1 Å². The fraction of sp³-hybridized carbons (Fsp3) is 0.542. The van der Waals surface area contributed by atoms with Crippen LogP contribution in [0.1, 0.15) is 55.7 Å². The second-order valence-corrected chi connectivity index (χ2v) is 11.1. The number of rotatable bonds is 5. The van der Waals surface area contributed by atoms with E-state index < -0.39 is 10.8 Å². The fourth-order valence-electron chi connectivity index (χ4n) is 5.15. The predicted molar refractivity (Wildman–Crippen MR) is 127 cm³/mol. The van der Waals surface area contributed by atoms with Gasteiger partial charge in [-0.2, -0.15) is 0 Å². The zero-order valence-electron chi connectivity index (χ0n) is 17.8. The van der Waals surface area contributed by atoms with Crippen LogP contribution in [-0.2, 0) is 17.2 Å². The van der Waals surface area contributed by atoms with Crippen molar-refractivity contribution < 1.29 is 9.32 Å². The van der Waals surface area contributed by atoms with E-state index in [2.05, 4.69) is 28.4 Å². The average molecular weight is 460 g/mol. The Bertz CT molecular complexity index is 972. The molecule has 166 valence electrons. The molecule has 1 aliphatic carbocycles. The molecular weight excluding hydrogens is 430 g/mol. The van der Waals surface area contributed by atoms with Crippen LogP contribution in [-0.4, -0.2) is 45.3 Å². The molecule has 2 fully saturated rings. The van der Waals surface area contributed by atoms with Crippen LogP contribution < -0.4 is 10.2 Å². The summed E-state index contributed by atoms with van der Waals surface area (Å²) in [5.74, 6) is 2.16. The number of hydrogen-bond donors (Lipinski definition) is 2. The molecule has 1 aromatic carbocycles. The molecule has 0 radical (unpaired) electrons. The van der Waals surface area contributed by atoms with Crippen molar-refractivity contribution in [3.8, 4) is 0 Å². The van der Waals surface area contributed by atoms with Crippen LogP contribution in [0.15, 0.2) is 35.2 Å². The van der Waals surface area contributed by atoms with Gasteiger partial charge in [0.2, 0.25) is 0 Å². The molecule has 0 bridgehead atoms. The molecule has 1 saturated heterocycles. The monoisotopic (exact) mass is 459 g/mol. The minimum Gasteiger partial charge on any atom is -0.394 e. The lowest BCUT2D eigenvalue weighted by molar-refractivity contribution is 0.144. The molecule has 2 aliphatic heterocycles. The van der Waals surface area contributed by atoms with Gasteiger partial charge in [-0.05, 0) is 62.1 Å². The Morgan fingerprint density at radius 2 is 2.00 bits per heavy atom. The number of nitrogens with zero attached hydrogens (tertiary/aromatic N) is 2. The standard InChI is InChI=1S/C24H30ClN3O2S/c25-19-6-4-18(5-7-19)17-3-1-12-28(13-8-17)22-15-21(27-24(16-29)10-2-11-24)23-20(26-22)9-14-31(23)30/h4-7,15,17,29H,1-3,8-14,16H2,(H,26,27)/t17?,31-/m1/s1. The second-order valence-electron chi connectivity index (χ2n) is 9.19. The van der Waals surface area contributed by atoms with E-state index >= 15 is 0 Å². The first-order chi connectivity index (χ1) is 15.1.